The van der Waals surface area contributed by atoms with Crippen LogP contribution < -0.4 is 130 Å². The van der Waals surface area contributed by atoms with Crippen LogP contribution in [0.4, 0.5) is 0 Å². The van der Waals surface area contributed by atoms with Crippen LogP contribution in [0.2, 0.25) is 0 Å². The summed E-state index contributed by atoms with van der Waals surface area (Å²) < 4.78 is 0. The predicted octanol–water partition coefficient (Wildman–Crippen LogP) is -12.6. The summed E-state index contributed by atoms with van der Waals surface area (Å²) in [4.78, 5) is 0. The second-order valence-corrected chi connectivity index (χ2v) is 0.577. The molecule has 0 aliphatic heterocycles. The Balaban J connectivity index is -0.00000000161. The van der Waals surface area contributed by atoms with Crippen LogP contribution in [0.3, 0.4) is 0 Å². The first-order valence-corrected chi connectivity index (χ1v) is 1.32. The third-order valence-electron chi connectivity index (χ3n) is 0.167. The minimum Gasteiger partial charge on any atom is -1.00 e. The van der Waals surface area contributed by atoms with Crippen molar-refractivity contribution in [1.29, 1.82) is 0 Å². The fraction of sp³-hybridized carbons (Fsp3) is 1.00. The van der Waals surface area contributed by atoms with Gasteiger partial charge in [-0.05, 0) is 0 Å². The third-order valence-corrected chi connectivity index (χ3v) is 0.167. The zero-order chi connectivity index (χ0) is 3.41. The molecule has 0 radical (unpaired) electrons. The Morgan fingerprint density at radius 3 is 0.875 bits per heavy atom. The molecule has 0 saturated heterocycles. The van der Waals surface area contributed by atoms with Crippen LogP contribution in [0.1, 0.15) is 5.71 Å². The van der Waals surface area contributed by atoms with Gasteiger partial charge in [0.2, 0.25) is 0 Å². The summed E-state index contributed by atoms with van der Waals surface area (Å²) in [5.74, 6) is 0. The van der Waals surface area contributed by atoms with Gasteiger partial charge in [0.1, 0.15) is 0 Å². The van der Waals surface area contributed by atoms with Gasteiger partial charge in [-0.3, -0.25) is 0 Å². The van der Waals surface area contributed by atoms with Crippen LogP contribution in [0.5, 0.6) is 0 Å². The third kappa shape index (κ3) is 32.6. The molecule has 0 aliphatic carbocycles. The molecule has 0 amide bonds. The van der Waals surface area contributed by atoms with Gasteiger partial charge in [-0.15, -0.1) is 0 Å². The molecular formula is C2H12N2Na4. The predicted molar refractivity (Wildman–Crippen MR) is 22.6 cm³/mol. The molecule has 6 heteroatoms. The van der Waals surface area contributed by atoms with Crippen molar-refractivity contribution in [3.05, 3.63) is 0 Å². The van der Waals surface area contributed by atoms with E-state index in [1.54, 1.807) is 0 Å². The van der Waals surface area contributed by atoms with Crippen molar-refractivity contribution in [3.8, 4) is 0 Å². The number of rotatable bonds is 1. The van der Waals surface area contributed by atoms with Gasteiger partial charge < -0.3 is 17.2 Å². The quantitative estimate of drug-likeness (QED) is 0.370. The SMILES string of the molecule is NCCN.[H-].[H-].[H-].[H-].[Na+].[Na+].[Na+].[Na+]. The van der Waals surface area contributed by atoms with Gasteiger partial charge in [-0.1, -0.05) is 0 Å². The molecule has 0 aromatic rings. The van der Waals surface area contributed by atoms with Gasteiger partial charge in [-0.2, -0.15) is 0 Å². The Morgan fingerprint density at radius 2 is 0.875 bits per heavy atom. The van der Waals surface area contributed by atoms with Crippen molar-refractivity contribution < 1.29 is 124 Å². The van der Waals surface area contributed by atoms with E-state index in [0.717, 1.165) is 0 Å². The topological polar surface area (TPSA) is 52.0 Å². The Morgan fingerprint density at radius 1 is 0.750 bits per heavy atom. The molecule has 0 saturated carbocycles. The first-order chi connectivity index (χ1) is 1.91. The van der Waals surface area contributed by atoms with Gasteiger partial charge in [0.25, 0.3) is 0 Å². The summed E-state index contributed by atoms with van der Waals surface area (Å²) in [6.07, 6.45) is 0. The minimum atomic E-state index is 0. The van der Waals surface area contributed by atoms with Crippen LogP contribution in [0, 0.1) is 0 Å². The average Bonchev–Trinajstić information content (AvgIpc) is 1.37. The normalized spacial score (nSPS) is 3.75. The van der Waals surface area contributed by atoms with E-state index in [-0.39, 0.29) is 124 Å². The standard InChI is InChI=1S/C2H8N2.4Na.4H/c3-1-2-4;;;;;;;;/h1-4H2;;;;;;;;/q;4*+1;4*-1. The smallest absolute Gasteiger partial charge is 1.00 e. The van der Waals surface area contributed by atoms with E-state index in [2.05, 4.69) is 0 Å². The van der Waals surface area contributed by atoms with Crippen molar-refractivity contribution in [2.24, 2.45) is 11.5 Å². The summed E-state index contributed by atoms with van der Waals surface area (Å²) in [5, 5.41) is 0. The molecular weight excluding hydrogens is 144 g/mol. The summed E-state index contributed by atoms with van der Waals surface area (Å²) >= 11 is 0. The van der Waals surface area contributed by atoms with Gasteiger partial charge >= 0.3 is 118 Å². The van der Waals surface area contributed by atoms with E-state index >= 15 is 0 Å². The summed E-state index contributed by atoms with van der Waals surface area (Å²) in [7, 11) is 0. The first-order valence-electron chi connectivity index (χ1n) is 1.32. The Bertz CT molecular complexity index is 25.0. The first kappa shape index (κ1) is 29.7. The zero-order valence-corrected chi connectivity index (χ0v) is 14.6. The minimum absolute atomic E-state index is 0. The second kappa shape index (κ2) is 30.7. The van der Waals surface area contributed by atoms with Crippen LogP contribution in [0.15, 0.2) is 0 Å². The molecule has 0 aromatic heterocycles. The molecule has 0 rings (SSSR count). The van der Waals surface area contributed by atoms with Crippen molar-refractivity contribution in [1.82, 2.24) is 0 Å². The number of nitrogens with two attached hydrogens (primary N) is 2. The van der Waals surface area contributed by atoms with Crippen LogP contribution >= 0.6 is 0 Å². The monoisotopic (exact) mass is 156 g/mol. The Hall–Kier alpha value is 3.92. The molecule has 0 unspecified atom stereocenters. The fourth-order valence-electron chi connectivity index (χ4n) is 0. The van der Waals surface area contributed by atoms with E-state index in [1.807, 2.05) is 0 Å². The summed E-state index contributed by atoms with van der Waals surface area (Å²) in [6.45, 7) is 1.19. The molecule has 0 atom stereocenters. The van der Waals surface area contributed by atoms with Gasteiger partial charge in [0.05, 0.1) is 0 Å². The maximum absolute atomic E-state index is 4.90. The van der Waals surface area contributed by atoms with Gasteiger partial charge in [-0.25, -0.2) is 0 Å². The number of hydrogen-bond donors (Lipinski definition) is 2. The van der Waals surface area contributed by atoms with Gasteiger partial charge in [0.15, 0.2) is 0 Å². The maximum atomic E-state index is 4.90. The fourth-order valence-corrected chi connectivity index (χ4v) is 0. The van der Waals surface area contributed by atoms with Gasteiger partial charge in [0, 0.05) is 13.1 Å². The van der Waals surface area contributed by atoms with Crippen molar-refractivity contribution in [3.63, 3.8) is 0 Å². The van der Waals surface area contributed by atoms with E-state index in [9.17, 15) is 0 Å². The summed E-state index contributed by atoms with van der Waals surface area (Å²) in [6, 6.07) is 0. The second-order valence-electron chi connectivity index (χ2n) is 0.577. The van der Waals surface area contributed by atoms with E-state index < -0.39 is 0 Å². The van der Waals surface area contributed by atoms with Crippen LogP contribution in [0.25, 0.3) is 0 Å². The number of hydrogen-bond acceptors (Lipinski definition) is 2. The molecule has 0 fully saturated rings. The molecule has 0 spiro atoms. The van der Waals surface area contributed by atoms with Crippen molar-refractivity contribution >= 4 is 0 Å². The Kier molecular flexibility index (Phi) is 114. The largest absolute Gasteiger partial charge is 1.00 e. The van der Waals surface area contributed by atoms with E-state index in [0.29, 0.717) is 13.1 Å². The van der Waals surface area contributed by atoms with Crippen molar-refractivity contribution in [2.45, 2.75) is 0 Å². The molecule has 0 aromatic carbocycles. The zero-order valence-electron chi connectivity index (χ0n) is 10.6. The molecule has 2 nitrogen and oxygen atoms in total. The molecule has 4 N–H and O–H groups in total. The van der Waals surface area contributed by atoms with Crippen LogP contribution in [-0.4, -0.2) is 13.1 Å². The molecule has 0 bridgehead atoms. The molecule has 0 aliphatic rings. The van der Waals surface area contributed by atoms with E-state index in [4.69, 9.17) is 11.5 Å². The molecule has 0 heterocycles. The Labute approximate surface area is 145 Å². The van der Waals surface area contributed by atoms with E-state index in [1.165, 1.54) is 0 Å². The molecule has 34 valence electrons. The van der Waals surface area contributed by atoms with Crippen LogP contribution in [-0.2, 0) is 0 Å². The maximum Gasteiger partial charge on any atom is 1.00 e. The van der Waals surface area contributed by atoms with Crippen molar-refractivity contribution in [2.75, 3.05) is 13.1 Å². The molecule has 8 heavy (non-hydrogen) atoms. The summed E-state index contributed by atoms with van der Waals surface area (Å²) in [5.41, 5.74) is 9.81. The average molecular weight is 156 g/mol.